The molecule has 0 aromatic carbocycles. The molecule has 0 saturated carbocycles. The SMILES string of the molecule is C=C/C=C(\C=C/CC)n1cnc(C#N)c1. The minimum Gasteiger partial charge on any atom is -0.305 e. The van der Waals surface area contributed by atoms with E-state index < -0.39 is 0 Å². The second-order valence-electron chi connectivity index (χ2n) is 2.92. The number of rotatable bonds is 4. The molecular weight excluding hydrogens is 186 g/mol. The first kappa shape index (κ1) is 11.0. The molecule has 0 radical (unpaired) electrons. The Bertz CT molecular complexity index is 430. The molecule has 76 valence electrons. The lowest BCUT2D eigenvalue weighted by Gasteiger charge is -2.00. The van der Waals surface area contributed by atoms with Crippen molar-refractivity contribution in [1.82, 2.24) is 9.55 Å². The molecule has 0 amide bonds. The molecular formula is C12H13N3. The van der Waals surface area contributed by atoms with Crippen molar-refractivity contribution in [1.29, 1.82) is 5.26 Å². The molecule has 15 heavy (non-hydrogen) atoms. The fourth-order valence-corrected chi connectivity index (χ4v) is 1.11. The van der Waals surface area contributed by atoms with Gasteiger partial charge in [-0.15, -0.1) is 0 Å². The molecule has 0 aliphatic rings. The first-order valence-corrected chi connectivity index (χ1v) is 4.75. The van der Waals surface area contributed by atoms with E-state index in [4.69, 9.17) is 5.26 Å². The summed E-state index contributed by atoms with van der Waals surface area (Å²) in [7, 11) is 0. The van der Waals surface area contributed by atoms with E-state index in [0.717, 1.165) is 12.1 Å². The molecule has 0 atom stereocenters. The zero-order valence-electron chi connectivity index (χ0n) is 8.72. The van der Waals surface area contributed by atoms with Crippen molar-refractivity contribution in [2.24, 2.45) is 0 Å². The molecule has 3 nitrogen and oxygen atoms in total. The van der Waals surface area contributed by atoms with Gasteiger partial charge in [-0.2, -0.15) is 5.26 Å². The summed E-state index contributed by atoms with van der Waals surface area (Å²) in [6.07, 6.45) is 11.9. The number of nitriles is 1. The van der Waals surface area contributed by atoms with Gasteiger partial charge in [-0.05, 0) is 18.6 Å². The van der Waals surface area contributed by atoms with Crippen molar-refractivity contribution < 1.29 is 0 Å². The van der Waals surface area contributed by atoms with E-state index in [1.54, 1.807) is 23.2 Å². The van der Waals surface area contributed by atoms with Gasteiger partial charge in [-0.25, -0.2) is 4.98 Å². The fourth-order valence-electron chi connectivity index (χ4n) is 1.11. The van der Waals surface area contributed by atoms with Crippen LogP contribution in [0.1, 0.15) is 19.0 Å². The zero-order valence-corrected chi connectivity index (χ0v) is 8.72. The van der Waals surface area contributed by atoms with Gasteiger partial charge in [-0.3, -0.25) is 0 Å². The molecule has 0 bridgehead atoms. The van der Waals surface area contributed by atoms with Crippen molar-refractivity contribution in [2.45, 2.75) is 13.3 Å². The number of aromatic nitrogens is 2. The maximum atomic E-state index is 8.66. The molecule has 1 aromatic heterocycles. The van der Waals surface area contributed by atoms with Gasteiger partial charge in [0.25, 0.3) is 0 Å². The van der Waals surface area contributed by atoms with E-state index in [2.05, 4.69) is 18.5 Å². The molecule has 3 heteroatoms. The molecule has 0 spiro atoms. The van der Waals surface area contributed by atoms with Gasteiger partial charge < -0.3 is 4.57 Å². The maximum Gasteiger partial charge on any atom is 0.158 e. The van der Waals surface area contributed by atoms with Crippen molar-refractivity contribution in [3.63, 3.8) is 0 Å². The summed E-state index contributed by atoms with van der Waals surface area (Å²) < 4.78 is 1.80. The van der Waals surface area contributed by atoms with Crippen LogP contribution in [0.25, 0.3) is 5.70 Å². The smallest absolute Gasteiger partial charge is 0.158 e. The van der Waals surface area contributed by atoms with Crippen LogP contribution in [0.15, 0.2) is 43.4 Å². The predicted molar refractivity (Wildman–Crippen MR) is 60.8 cm³/mol. The standard InChI is InChI=1S/C12H13N3/c1-3-5-7-12(6-4-2)15-9-11(8-13)14-10-15/h4-7,9-10H,2-3H2,1H3/b7-5-,12-6+. The van der Waals surface area contributed by atoms with Gasteiger partial charge in [0, 0.05) is 11.9 Å². The highest BCUT2D eigenvalue weighted by molar-refractivity contribution is 5.59. The quantitative estimate of drug-likeness (QED) is 0.699. The molecule has 1 rings (SSSR count). The van der Waals surface area contributed by atoms with Gasteiger partial charge in [0.2, 0.25) is 0 Å². The Morgan fingerprint density at radius 2 is 2.53 bits per heavy atom. The third kappa shape index (κ3) is 2.96. The van der Waals surface area contributed by atoms with E-state index in [1.807, 2.05) is 24.3 Å². The van der Waals surface area contributed by atoms with Crippen molar-refractivity contribution in [3.05, 3.63) is 49.1 Å². The van der Waals surface area contributed by atoms with Crippen LogP contribution in [0.4, 0.5) is 0 Å². The number of allylic oxidation sites excluding steroid dienone is 5. The van der Waals surface area contributed by atoms with Gasteiger partial charge in [0.15, 0.2) is 5.69 Å². The second kappa shape index (κ2) is 5.61. The molecule has 0 N–H and O–H groups in total. The minimum absolute atomic E-state index is 0.412. The van der Waals surface area contributed by atoms with E-state index in [1.165, 1.54) is 0 Å². The van der Waals surface area contributed by atoms with Crippen LogP contribution in [0.5, 0.6) is 0 Å². The number of hydrogen-bond acceptors (Lipinski definition) is 2. The van der Waals surface area contributed by atoms with Crippen LogP contribution in [0, 0.1) is 11.3 Å². The molecule has 0 saturated heterocycles. The first-order chi connectivity index (χ1) is 7.31. The minimum atomic E-state index is 0.412. The fraction of sp³-hybridized carbons (Fsp3) is 0.167. The van der Waals surface area contributed by atoms with Crippen LogP contribution in [0.3, 0.4) is 0 Å². The monoisotopic (exact) mass is 199 g/mol. The topological polar surface area (TPSA) is 41.6 Å². The third-order valence-corrected chi connectivity index (χ3v) is 1.81. The van der Waals surface area contributed by atoms with Crippen molar-refractivity contribution in [2.75, 3.05) is 0 Å². The number of hydrogen-bond donors (Lipinski definition) is 0. The van der Waals surface area contributed by atoms with Crippen LogP contribution >= 0.6 is 0 Å². The Morgan fingerprint density at radius 3 is 3.07 bits per heavy atom. The van der Waals surface area contributed by atoms with Crippen LogP contribution in [-0.2, 0) is 0 Å². The lowest BCUT2D eigenvalue weighted by molar-refractivity contribution is 1.09. The van der Waals surface area contributed by atoms with Crippen LogP contribution < -0.4 is 0 Å². The normalized spacial score (nSPS) is 11.6. The molecule has 0 aliphatic heterocycles. The highest BCUT2D eigenvalue weighted by Gasteiger charge is 1.98. The van der Waals surface area contributed by atoms with E-state index in [9.17, 15) is 0 Å². The number of nitrogens with zero attached hydrogens (tertiary/aromatic N) is 3. The Hall–Kier alpha value is -2.08. The highest BCUT2D eigenvalue weighted by atomic mass is 15.0. The zero-order chi connectivity index (χ0) is 11.1. The largest absolute Gasteiger partial charge is 0.305 e. The van der Waals surface area contributed by atoms with Gasteiger partial charge >= 0.3 is 0 Å². The van der Waals surface area contributed by atoms with Gasteiger partial charge in [-0.1, -0.05) is 25.7 Å². The van der Waals surface area contributed by atoms with Crippen molar-refractivity contribution >= 4 is 5.70 Å². The molecule has 0 aliphatic carbocycles. The maximum absolute atomic E-state index is 8.66. The predicted octanol–water partition coefficient (Wildman–Crippen LogP) is 2.75. The first-order valence-electron chi connectivity index (χ1n) is 4.75. The van der Waals surface area contributed by atoms with Crippen LogP contribution in [0.2, 0.25) is 0 Å². The summed E-state index contributed by atoms with van der Waals surface area (Å²) in [5, 5.41) is 8.66. The van der Waals surface area contributed by atoms with Gasteiger partial charge in [0.05, 0.1) is 0 Å². The Labute approximate surface area is 89.7 Å². The summed E-state index contributed by atoms with van der Waals surface area (Å²) >= 11 is 0. The lowest BCUT2D eigenvalue weighted by atomic mass is 10.3. The average Bonchev–Trinajstić information content (AvgIpc) is 2.72. The third-order valence-electron chi connectivity index (χ3n) is 1.81. The second-order valence-corrected chi connectivity index (χ2v) is 2.92. The average molecular weight is 199 g/mol. The summed E-state index contributed by atoms with van der Waals surface area (Å²) in [4.78, 5) is 3.94. The Morgan fingerprint density at radius 1 is 1.73 bits per heavy atom. The summed E-state index contributed by atoms with van der Waals surface area (Å²) in [6, 6.07) is 1.99. The molecule has 1 heterocycles. The Balaban J connectivity index is 3.00. The summed E-state index contributed by atoms with van der Waals surface area (Å²) in [5.74, 6) is 0. The summed E-state index contributed by atoms with van der Waals surface area (Å²) in [5.41, 5.74) is 1.36. The lowest BCUT2D eigenvalue weighted by Crippen LogP contribution is -1.89. The van der Waals surface area contributed by atoms with E-state index in [0.29, 0.717) is 5.69 Å². The van der Waals surface area contributed by atoms with E-state index in [-0.39, 0.29) is 0 Å². The molecule has 1 aromatic rings. The highest BCUT2D eigenvalue weighted by Crippen LogP contribution is 2.08. The molecule has 0 fully saturated rings. The van der Waals surface area contributed by atoms with Crippen molar-refractivity contribution in [3.8, 4) is 6.07 Å². The van der Waals surface area contributed by atoms with E-state index >= 15 is 0 Å². The summed E-state index contributed by atoms with van der Waals surface area (Å²) in [6.45, 7) is 5.72. The van der Waals surface area contributed by atoms with Crippen LogP contribution in [-0.4, -0.2) is 9.55 Å². The number of imidazole rings is 1. The van der Waals surface area contributed by atoms with Gasteiger partial charge in [0.1, 0.15) is 12.4 Å². The molecule has 0 unspecified atom stereocenters. The Kier molecular flexibility index (Phi) is 4.11.